The average Bonchev–Trinajstić information content (AvgIpc) is 2.94. The van der Waals surface area contributed by atoms with Crippen LogP contribution in [0.4, 0.5) is 5.13 Å². The second-order valence-corrected chi connectivity index (χ2v) is 6.02. The fourth-order valence-electron chi connectivity index (χ4n) is 2.76. The van der Waals surface area contributed by atoms with E-state index in [4.69, 9.17) is 0 Å². The Morgan fingerprint density at radius 2 is 2.28 bits per heavy atom. The number of hydrogen-bond acceptors (Lipinski definition) is 4. The van der Waals surface area contributed by atoms with Crippen molar-refractivity contribution in [2.45, 2.75) is 45.1 Å². The van der Waals surface area contributed by atoms with Crippen LogP contribution in [0.5, 0.6) is 0 Å². The first-order valence-electron chi connectivity index (χ1n) is 6.83. The van der Waals surface area contributed by atoms with Gasteiger partial charge < -0.3 is 5.32 Å². The Labute approximate surface area is 111 Å². The van der Waals surface area contributed by atoms with Crippen LogP contribution in [0.15, 0.2) is 0 Å². The maximum atomic E-state index is 12.2. The van der Waals surface area contributed by atoms with Crippen LogP contribution >= 0.6 is 11.3 Å². The van der Waals surface area contributed by atoms with Gasteiger partial charge in [-0.3, -0.25) is 9.69 Å². The molecule has 0 radical (unpaired) electrons. The number of nitrogens with one attached hydrogen (secondary N) is 1. The second kappa shape index (κ2) is 4.97. The Hall–Kier alpha value is -0.940. The number of rotatable bonds is 3. The number of carbonyl (C=O) groups excluding carboxylic acids is 1. The van der Waals surface area contributed by atoms with E-state index in [-0.39, 0.29) is 11.9 Å². The number of carbonyl (C=O) groups is 1. The van der Waals surface area contributed by atoms with Crippen molar-refractivity contribution < 1.29 is 4.79 Å². The lowest BCUT2D eigenvalue weighted by molar-refractivity contribution is -0.118. The standard InChI is InChI=1S/C13H19N3OS/c1-2-14-10-7-8-16(12(10)17)13-15-9-5-3-4-6-11(9)18-13/h10,14H,2-8H2,1H3. The molecule has 2 aliphatic rings. The number of amides is 1. The first-order valence-corrected chi connectivity index (χ1v) is 7.64. The van der Waals surface area contributed by atoms with Crippen LogP contribution in [-0.4, -0.2) is 30.0 Å². The molecule has 18 heavy (non-hydrogen) atoms. The Kier molecular flexibility index (Phi) is 3.35. The lowest BCUT2D eigenvalue weighted by Crippen LogP contribution is -2.38. The monoisotopic (exact) mass is 265 g/mol. The lowest BCUT2D eigenvalue weighted by Gasteiger charge is -2.13. The third-order valence-corrected chi connectivity index (χ3v) is 4.90. The van der Waals surface area contributed by atoms with Gasteiger partial charge in [-0.25, -0.2) is 4.98 Å². The molecule has 1 amide bonds. The van der Waals surface area contributed by atoms with E-state index in [2.05, 4.69) is 10.3 Å². The van der Waals surface area contributed by atoms with E-state index in [0.29, 0.717) is 0 Å². The smallest absolute Gasteiger partial charge is 0.245 e. The summed E-state index contributed by atoms with van der Waals surface area (Å²) in [5.41, 5.74) is 1.24. The number of nitrogens with zero attached hydrogens (tertiary/aromatic N) is 2. The van der Waals surface area contributed by atoms with Crippen molar-refractivity contribution in [3.8, 4) is 0 Å². The molecule has 1 atom stereocenters. The van der Waals surface area contributed by atoms with Crippen LogP contribution in [0.25, 0.3) is 0 Å². The van der Waals surface area contributed by atoms with Gasteiger partial charge in [0.15, 0.2) is 5.13 Å². The zero-order valence-corrected chi connectivity index (χ0v) is 11.6. The summed E-state index contributed by atoms with van der Waals surface area (Å²) in [6.45, 7) is 3.69. The summed E-state index contributed by atoms with van der Waals surface area (Å²) in [4.78, 5) is 20.2. The Morgan fingerprint density at radius 1 is 1.44 bits per heavy atom. The molecule has 1 unspecified atom stereocenters. The van der Waals surface area contributed by atoms with Crippen LogP contribution in [0.2, 0.25) is 0 Å². The molecule has 1 saturated heterocycles. The molecular weight excluding hydrogens is 246 g/mol. The lowest BCUT2D eigenvalue weighted by atomic mass is 10.0. The van der Waals surface area contributed by atoms with Crippen molar-refractivity contribution >= 4 is 22.4 Å². The number of likely N-dealkylation sites (N-methyl/N-ethyl adjacent to an activating group) is 1. The normalized spacial score (nSPS) is 23.5. The molecule has 3 rings (SSSR count). The highest BCUT2D eigenvalue weighted by atomic mass is 32.1. The number of fused-ring (bicyclic) bond motifs is 1. The summed E-state index contributed by atoms with van der Waals surface area (Å²) in [7, 11) is 0. The number of anilines is 1. The molecule has 4 nitrogen and oxygen atoms in total. The highest BCUT2D eigenvalue weighted by molar-refractivity contribution is 7.16. The molecule has 1 fully saturated rings. The third kappa shape index (κ3) is 2.06. The first kappa shape index (κ1) is 12.1. The molecule has 2 heterocycles. The largest absolute Gasteiger partial charge is 0.306 e. The maximum Gasteiger partial charge on any atom is 0.245 e. The van der Waals surface area contributed by atoms with E-state index in [0.717, 1.165) is 37.5 Å². The third-order valence-electron chi connectivity index (χ3n) is 3.72. The molecule has 1 aromatic heterocycles. The molecule has 0 aromatic carbocycles. The second-order valence-electron chi connectivity index (χ2n) is 4.96. The van der Waals surface area contributed by atoms with Gasteiger partial charge in [0.25, 0.3) is 0 Å². The summed E-state index contributed by atoms with van der Waals surface area (Å²) in [6.07, 6.45) is 5.64. The first-order chi connectivity index (χ1) is 8.79. The molecule has 1 aromatic rings. The Bertz CT molecular complexity index is 434. The number of aryl methyl sites for hydroxylation is 2. The summed E-state index contributed by atoms with van der Waals surface area (Å²) in [5.74, 6) is 0.197. The van der Waals surface area contributed by atoms with Crippen LogP contribution in [-0.2, 0) is 17.6 Å². The van der Waals surface area contributed by atoms with Gasteiger partial charge in [0.2, 0.25) is 5.91 Å². The van der Waals surface area contributed by atoms with Gasteiger partial charge in [0, 0.05) is 11.4 Å². The van der Waals surface area contributed by atoms with Gasteiger partial charge >= 0.3 is 0 Å². The van der Waals surface area contributed by atoms with Gasteiger partial charge in [-0.2, -0.15) is 0 Å². The summed E-state index contributed by atoms with van der Waals surface area (Å²) >= 11 is 1.72. The van der Waals surface area contributed by atoms with Crippen molar-refractivity contribution in [3.63, 3.8) is 0 Å². The zero-order chi connectivity index (χ0) is 12.5. The minimum atomic E-state index is -0.00377. The molecule has 5 heteroatoms. The van der Waals surface area contributed by atoms with Crippen molar-refractivity contribution in [3.05, 3.63) is 10.6 Å². The van der Waals surface area contributed by atoms with Crippen LogP contribution < -0.4 is 10.2 Å². The maximum absolute atomic E-state index is 12.2. The fraction of sp³-hybridized carbons (Fsp3) is 0.692. The number of thiazole rings is 1. The molecule has 1 aliphatic heterocycles. The van der Waals surface area contributed by atoms with Gasteiger partial charge in [-0.1, -0.05) is 6.92 Å². The highest BCUT2D eigenvalue weighted by Crippen LogP contribution is 2.33. The summed E-state index contributed by atoms with van der Waals surface area (Å²) < 4.78 is 0. The average molecular weight is 265 g/mol. The molecule has 0 spiro atoms. The predicted molar refractivity (Wildman–Crippen MR) is 73.2 cm³/mol. The van der Waals surface area contributed by atoms with Crippen molar-refractivity contribution in [2.24, 2.45) is 0 Å². The van der Waals surface area contributed by atoms with E-state index in [1.807, 2.05) is 11.8 Å². The SMILES string of the molecule is CCNC1CCN(c2nc3c(s2)CCCC3)C1=O. The molecular formula is C13H19N3OS. The molecule has 0 saturated carbocycles. The van der Waals surface area contributed by atoms with Gasteiger partial charge in [-0.05, 0) is 38.6 Å². The van der Waals surface area contributed by atoms with Crippen molar-refractivity contribution in [2.75, 3.05) is 18.0 Å². The van der Waals surface area contributed by atoms with Gasteiger partial charge in [0.1, 0.15) is 0 Å². The molecule has 0 bridgehead atoms. The predicted octanol–water partition coefficient (Wildman–Crippen LogP) is 1.74. The van der Waals surface area contributed by atoms with Gasteiger partial charge in [-0.15, -0.1) is 11.3 Å². The molecule has 1 N–H and O–H groups in total. The van der Waals surface area contributed by atoms with E-state index >= 15 is 0 Å². The quantitative estimate of drug-likeness (QED) is 0.905. The highest BCUT2D eigenvalue weighted by Gasteiger charge is 2.34. The van der Waals surface area contributed by atoms with E-state index in [1.165, 1.54) is 23.4 Å². The summed E-state index contributed by atoms with van der Waals surface area (Å²) in [5, 5.41) is 4.16. The number of hydrogen-bond donors (Lipinski definition) is 1. The zero-order valence-electron chi connectivity index (χ0n) is 10.7. The minimum Gasteiger partial charge on any atom is -0.306 e. The van der Waals surface area contributed by atoms with E-state index < -0.39 is 0 Å². The Morgan fingerprint density at radius 3 is 3.06 bits per heavy atom. The summed E-state index contributed by atoms with van der Waals surface area (Å²) in [6, 6.07) is -0.00377. The molecule has 98 valence electrons. The van der Waals surface area contributed by atoms with E-state index in [1.54, 1.807) is 11.3 Å². The minimum absolute atomic E-state index is 0.00377. The fourth-order valence-corrected chi connectivity index (χ4v) is 3.94. The molecule has 1 aliphatic carbocycles. The van der Waals surface area contributed by atoms with Crippen LogP contribution in [0, 0.1) is 0 Å². The van der Waals surface area contributed by atoms with E-state index in [9.17, 15) is 4.79 Å². The van der Waals surface area contributed by atoms with Crippen molar-refractivity contribution in [1.82, 2.24) is 10.3 Å². The Balaban J connectivity index is 1.79. The van der Waals surface area contributed by atoms with Crippen LogP contribution in [0.1, 0.15) is 36.8 Å². The van der Waals surface area contributed by atoms with Gasteiger partial charge in [0.05, 0.1) is 11.7 Å². The van der Waals surface area contributed by atoms with Crippen molar-refractivity contribution in [1.29, 1.82) is 0 Å². The van der Waals surface area contributed by atoms with Crippen LogP contribution in [0.3, 0.4) is 0 Å². The number of aromatic nitrogens is 1. The topological polar surface area (TPSA) is 45.2 Å².